The molecule has 0 spiro atoms. The quantitative estimate of drug-likeness (QED) is 0.455. The maximum Gasteiger partial charge on any atom is 0.148 e. The van der Waals surface area contributed by atoms with Gasteiger partial charge in [0.05, 0.1) is 6.04 Å². The molecular formula is C6H11NO. The minimum atomic E-state index is 0.231. The molecule has 0 amide bonds. The third-order valence-corrected chi connectivity index (χ3v) is 1.86. The number of hydrogen-bond donors (Lipinski definition) is 0. The first-order valence-corrected chi connectivity index (χ1v) is 2.87. The van der Waals surface area contributed by atoms with E-state index < -0.39 is 0 Å². The SMILES string of the molecule is CC(=O)C1C(C)N1C. The third kappa shape index (κ3) is 0.650. The Labute approximate surface area is 49.5 Å². The Hall–Kier alpha value is -0.370. The maximum atomic E-state index is 10.6. The lowest BCUT2D eigenvalue weighted by Gasteiger charge is -1.83. The van der Waals surface area contributed by atoms with Crippen LogP contribution in [0.4, 0.5) is 0 Å². The van der Waals surface area contributed by atoms with Crippen LogP contribution in [0.3, 0.4) is 0 Å². The highest BCUT2D eigenvalue weighted by Gasteiger charge is 2.43. The van der Waals surface area contributed by atoms with Crippen molar-refractivity contribution in [3.05, 3.63) is 0 Å². The molecule has 0 aromatic heterocycles. The molecule has 0 N–H and O–H groups in total. The Kier molecular flexibility index (Phi) is 1.12. The number of rotatable bonds is 1. The second-order valence-electron chi connectivity index (χ2n) is 2.46. The summed E-state index contributed by atoms with van der Waals surface area (Å²) >= 11 is 0. The molecule has 3 unspecified atom stereocenters. The van der Waals surface area contributed by atoms with Gasteiger partial charge in [-0.25, -0.2) is 0 Å². The summed E-state index contributed by atoms with van der Waals surface area (Å²) in [5.41, 5.74) is 0. The summed E-state index contributed by atoms with van der Waals surface area (Å²) in [6.07, 6.45) is 0. The van der Waals surface area contributed by atoms with E-state index in [1.807, 2.05) is 7.05 Å². The highest BCUT2D eigenvalue weighted by atomic mass is 16.1. The number of likely N-dealkylation sites (N-methyl/N-ethyl adjacent to an activating group) is 1. The zero-order valence-electron chi connectivity index (χ0n) is 5.51. The molecule has 0 radical (unpaired) electrons. The summed E-state index contributed by atoms with van der Waals surface area (Å²) in [5, 5.41) is 0. The van der Waals surface area contributed by atoms with Gasteiger partial charge in [-0.15, -0.1) is 0 Å². The number of hydrogen-bond acceptors (Lipinski definition) is 2. The molecule has 0 aromatic carbocycles. The van der Waals surface area contributed by atoms with Crippen LogP contribution in [0.15, 0.2) is 0 Å². The average Bonchev–Trinajstić information content (AvgIpc) is 2.15. The summed E-state index contributed by atoms with van der Waals surface area (Å²) in [7, 11) is 1.97. The van der Waals surface area contributed by atoms with Crippen molar-refractivity contribution in [3.8, 4) is 0 Å². The van der Waals surface area contributed by atoms with Crippen LogP contribution in [0, 0.1) is 0 Å². The Morgan fingerprint density at radius 2 is 2.00 bits per heavy atom. The summed E-state index contributed by atoms with van der Waals surface area (Å²) in [6.45, 7) is 3.71. The van der Waals surface area contributed by atoms with Crippen LogP contribution in [0.1, 0.15) is 13.8 Å². The molecule has 3 atom stereocenters. The van der Waals surface area contributed by atoms with Crippen LogP contribution in [0.5, 0.6) is 0 Å². The van der Waals surface area contributed by atoms with Crippen molar-refractivity contribution in [2.45, 2.75) is 25.9 Å². The van der Waals surface area contributed by atoms with E-state index in [0.717, 1.165) is 0 Å². The lowest BCUT2D eigenvalue weighted by atomic mass is 10.3. The van der Waals surface area contributed by atoms with Crippen molar-refractivity contribution < 1.29 is 4.79 Å². The summed E-state index contributed by atoms with van der Waals surface area (Å²) < 4.78 is 0. The first-order valence-electron chi connectivity index (χ1n) is 2.87. The van der Waals surface area contributed by atoms with E-state index in [2.05, 4.69) is 11.8 Å². The van der Waals surface area contributed by atoms with Crippen LogP contribution >= 0.6 is 0 Å². The van der Waals surface area contributed by atoms with Crippen molar-refractivity contribution in [3.63, 3.8) is 0 Å². The Bertz CT molecular complexity index is 114. The van der Waals surface area contributed by atoms with E-state index in [0.29, 0.717) is 11.8 Å². The summed E-state index contributed by atoms with van der Waals surface area (Å²) in [6, 6.07) is 0.725. The molecule has 0 aromatic rings. The van der Waals surface area contributed by atoms with Crippen LogP contribution < -0.4 is 0 Å². The Balaban J connectivity index is 2.44. The summed E-state index contributed by atoms with van der Waals surface area (Å²) in [5.74, 6) is 0.292. The van der Waals surface area contributed by atoms with Crippen molar-refractivity contribution in [2.24, 2.45) is 0 Å². The fourth-order valence-electron chi connectivity index (χ4n) is 1.12. The van der Waals surface area contributed by atoms with Gasteiger partial charge in [0.2, 0.25) is 0 Å². The van der Waals surface area contributed by atoms with Gasteiger partial charge in [0.25, 0.3) is 0 Å². The predicted molar refractivity (Wildman–Crippen MR) is 31.7 cm³/mol. The third-order valence-electron chi connectivity index (χ3n) is 1.86. The fourth-order valence-corrected chi connectivity index (χ4v) is 1.12. The van der Waals surface area contributed by atoms with E-state index in [1.165, 1.54) is 0 Å². The number of nitrogens with zero attached hydrogens (tertiary/aromatic N) is 1. The van der Waals surface area contributed by atoms with Gasteiger partial charge < -0.3 is 0 Å². The first-order chi connectivity index (χ1) is 3.64. The largest absolute Gasteiger partial charge is 0.298 e. The van der Waals surface area contributed by atoms with E-state index in [9.17, 15) is 4.79 Å². The highest BCUT2D eigenvalue weighted by molar-refractivity contribution is 5.85. The molecule has 46 valence electrons. The molecular weight excluding hydrogens is 102 g/mol. The zero-order valence-corrected chi connectivity index (χ0v) is 5.51. The van der Waals surface area contributed by atoms with Crippen LogP contribution in [-0.4, -0.2) is 29.8 Å². The van der Waals surface area contributed by atoms with E-state index >= 15 is 0 Å². The number of Topliss-reactive ketones (excluding diaryl/α,β-unsaturated/α-hetero) is 1. The fraction of sp³-hybridized carbons (Fsp3) is 0.833. The monoisotopic (exact) mass is 113 g/mol. The van der Waals surface area contributed by atoms with Gasteiger partial charge in [-0.05, 0) is 20.9 Å². The number of carbonyl (C=O) groups excluding carboxylic acids is 1. The minimum absolute atomic E-state index is 0.231. The number of ketones is 1. The smallest absolute Gasteiger partial charge is 0.148 e. The Morgan fingerprint density at radius 1 is 1.62 bits per heavy atom. The van der Waals surface area contributed by atoms with Crippen LogP contribution in [0.25, 0.3) is 0 Å². The molecule has 1 aliphatic heterocycles. The predicted octanol–water partition coefficient (Wildman–Crippen LogP) is 0.278. The van der Waals surface area contributed by atoms with Gasteiger partial charge in [0, 0.05) is 6.04 Å². The summed E-state index contributed by atoms with van der Waals surface area (Å²) in [4.78, 5) is 12.6. The van der Waals surface area contributed by atoms with Gasteiger partial charge in [0.1, 0.15) is 5.78 Å². The molecule has 0 saturated carbocycles. The molecule has 8 heavy (non-hydrogen) atoms. The van der Waals surface area contributed by atoms with Gasteiger partial charge in [-0.1, -0.05) is 0 Å². The lowest BCUT2D eigenvalue weighted by molar-refractivity contribution is -0.117. The van der Waals surface area contributed by atoms with E-state index in [4.69, 9.17) is 0 Å². The van der Waals surface area contributed by atoms with Gasteiger partial charge in [-0.3, -0.25) is 9.69 Å². The van der Waals surface area contributed by atoms with Crippen molar-refractivity contribution in [1.29, 1.82) is 0 Å². The van der Waals surface area contributed by atoms with Crippen molar-refractivity contribution in [2.75, 3.05) is 7.05 Å². The molecule has 1 rings (SSSR count). The molecule has 1 fully saturated rings. The molecule has 1 aliphatic rings. The van der Waals surface area contributed by atoms with Crippen molar-refractivity contribution in [1.82, 2.24) is 4.90 Å². The number of carbonyl (C=O) groups is 1. The van der Waals surface area contributed by atoms with Crippen molar-refractivity contribution >= 4 is 5.78 Å². The zero-order chi connectivity index (χ0) is 6.31. The van der Waals surface area contributed by atoms with Gasteiger partial charge in [-0.2, -0.15) is 0 Å². The first kappa shape index (κ1) is 5.76. The molecule has 2 nitrogen and oxygen atoms in total. The molecule has 0 aliphatic carbocycles. The van der Waals surface area contributed by atoms with Gasteiger partial charge in [0.15, 0.2) is 0 Å². The molecule has 1 heterocycles. The molecule has 2 heteroatoms. The molecule has 1 saturated heterocycles. The normalized spacial score (nSPS) is 44.1. The average molecular weight is 113 g/mol. The standard InChI is InChI=1S/C6H11NO/c1-4-6(5(2)8)7(4)3/h4,6H,1-3H3. The maximum absolute atomic E-state index is 10.6. The second-order valence-corrected chi connectivity index (χ2v) is 2.46. The van der Waals surface area contributed by atoms with E-state index in [-0.39, 0.29) is 6.04 Å². The minimum Gasteiger partial charge on any atom is -0.298 e. The van der Waals surface area contributed by atoms with Crippen LogP contribution in [0.2, 0.25) is 0 Å². The Morgan fingerprint density at radius 3 is 2.00 bits per heavy atom. The van der Waals surface area contributed by atoms with E-state index in [1.54, 1.807) is 6.92 Å². The molecule has 0 bridgehead atoms. The second kappa shape index (κ2) is 1.55. The lowest BCUT2D eigenvalue weighted by Crippen LogP contribution is -2.05. The van der Waals surface area contributed by atoms with Gasteiger partial charge >= 0.3 is 0 Å². The highest BCUT2D eigenvalue weighted by Crippen LogP contribution is 2.24. The topological polar surface area (TPSA) is 20.1 Å². The van der Waals surface area contributed by atoms with Crippen LogP contribution in [-0.2, 0) is 4.79 Å².